The van der Waals surface area contributed by atoms with Gasteiger partial charge in [0.15, 0.2) is 0 Å². The molecule has 1 atom stereocenters. The average molecular weight is 228 g/mol. The second kappa shape index (κ2) is 5.28. The number of benzene rings is 1. The Hall–Kier alpha value is -0.870. The fraction of sp³-hybridized carbons (Fsp3) is 0.455. The average Bonchev–Trinajstić information content (AvgIpc) is 2.19. The van der Waals surface area contributed by atoms with Crippen LogP contribution < -0.4 is 0 Å². The molecule has 4 heteroatoms. The number of hydrogen-bond donors (Lipinski definition) is 1. The third-order valence-electron chi connectivity index (χ3n) is 2.49. The molecule has 3 nitrogen and oxygen atoms in total. The molecule has 0 saturated carbocycles. The summed E-state index contributed by atoms with van der Waals surface area (Å²) in [5, 5.41) is 0. The highest BCUT2D eigenvalue weighted by Crippen LogP contribution is 2.23. The van der Waals surface area contributed by atoms with E-state index in [4.69, 9.17) is 4.55 Å². The van der Waals surface area contributed by atoms with Crippen LogP contribution in [-0.4, -0.2) is 18.7 Å². The molecule has 0 aliphatic heterocycles. The van der Waals surface area contributed by atoms with E-state index in [9.17, 15) is 8.42 Å². The normalized spacial score (nSPS) is 13.7. The molecule has 1 N–H and O–H groups in total. The predicted octanol–water partition coefficient (Wildman–Crippen LogP) is 2.46. The summed E-state index contributed by atoms with van der Waals surface area (Å²) >= 11 is 0. The zero-order valence-corrected chi connectivity index (χ0v) is 9.57. The van der Waals surface area contributed by atoms with Gasteiger partial charge in [-0.15, -0.1) is 0 Å². The molecule has 0 aliphatic carbocycles. The Morgan fingerprint density at radius 3 is 2.33 bits per heavy atom. The lowest BCUT2D eigenvalue weighted by atomic mass is 9.94. The molecule has 0 aromatic heterocycles. The number of rotatable bonds is 5. The van der Waals surface area contributed by atoms with E-state index < -0.39 is 10.1 Å². The van der Waals surface area contributed by atoms with Crippen molar-refractivity contribution in [3.63, 3.8) is 0 Å². The summed E-state index contributed by atoms with van der Waals surface area (Å²) < 4.78 is 30.0. The van der Waals surface area contributed by atoms with Crippen LogP contribution in [0.2, 0.25) is 0 Å². The molecule has 15 heavy (non-hydrogen) atoms. The van der Waals surface area contributed by atoms with Crippen molar-refractivity contribution in [3.05, 3.63) is 35.9 Å². The van der Waals surface area contributed by atoms with Crippen LogP contribution >= 0.6 is 0 Å². The lowest BCUT2D eigenvalue weighted by molar-refractivity contribution is 0.476. The van der Waals surface area contributed by atoms with Crippen LogP contribution in [0.5, 0.6) is 0 Å². The molecule has 1 rings (SSSR count). The maximum absolute atomic E-state index is 10.6. The third-order valence-corrected chi connectivity index (χ3v) is 3.24. The van der Waals surface area contributed by atoms with E-state index in [1.165, 1.54) is 0 Å². The topological polar surface area (TPSA) is 54.4 Å². The summed E-state index contributed by atoms with van der Waals surface area (Å²) in [6.45, 7) is 2.02. The van der Waals surface area contributed by atoms with E-state index >= 15 is 0 Å². The largest absolute Gasteiger partial charge is 0.286 e. The molecular formula is C11H16O3S. The van der Waals surface area contributed by atoms with Gasteiger partial charge < -0.3 is 0 Å². The fourth-order valence-corrected chi connectivity index (χ4v) is 2.21. The highest BCUT2D eigenvalue weighted by atomic mass is 32.2. The van der Waals surface area contributed by atoms with Gasteiger partial charge in [0.05, 0.1) is 5.75 Å². The Balaban J connectivity index is 2.66. The minimum absolute atomic E-state index is 0.166. The first-order valence-electron chi connectivity index (χ1n) is 5.03. The van der Waals surface area contributed by atoms with Gasteiger partial charge in [0.25, 0.3) is 10.1 Å². The first kappa shape index (κ1) is 12.2. The van der Waals surface area contributed by atoms with E-state index in [-0.39, 0.29) is 11.7 Å². The van der Waals surface area contributed by atoms with Crippen molar-refractivity contribution in [2.24, 2.45) is 0 Å². The highest BCUT2D eigenvalue weighted by molar-refractivity contribution is 7.85. The predicted molar refractivity (Wildman–Crippen MR) is 60.5 cm³/mol. The molecule has 1 aromatic carbocycles. The van der Waals surface area contributed by atoms with Crippen molar-refractivity contribution < 1.29 is 13.0 Å². The van der Waals surface area contributed by atoms with Gasteiger partial charge >= 0.3 is 0 Å². The van der Waals surface area contributed by atoms with Crippen LogP contribution in [-0.2, 0) is 10.1 Å². The van der Waals surface area contributed by atoms with Crippen molar-refractivity contribution >= 4 is 10.1 Å². The third kappa shape index (κ3) is 4.44. The Morgan fingerprint density at radius 2 is 1.87 bits per heavy atom. The van der Waals surface area contributed by atoms with E-state index in [0.717, 1.165) is 12.0 Å². The molecule has 1 aromatic rings. The smallest absolute Gasteiger partial charge is 0.264 e. The van der Waals surface area contributed by atoms with Crippen LogP contribution in [0, 0.1) is 0 Å². The summed E-state index contributed by atoms with van der Waals surface area (Å²) in [5.74, 6) is 0.0357. The van der Waals surface area contributed by atoms with Gasteiger partial charge in [0.1, 0.15) is 0 Å². The first-order valence-corrected chi connectivity index (χ1v) is 6.64. The SMILES string of the molecule is CCC(CCS(=O)(=O)O)c1ccccc1. The molecule has 0 saturated heterocycles. The van der Waals surface area contributed by atoms with Crippen molar-refractivity contribution in [1.82, 2.24) is 0 Å². The van der Waals surface area contributed by atoms with Gasteiger partial charge in [-0.05, 0) is 24.3 Å². The molecule has 0 fully saturated rings. The van der Waals surface area contributed by atoms with E-state index in [2.05, 4.69) is 0 Å². The van der Waals surface area contributed by atoms with Gasteiger partial charge in [-0.1, -0.05) is 37.3 Å². The zero-order chi connectivity index (χ0) is 11.3. The Morgan fingerprint density at radius 1 is 1.27 bits per heavy atom. The zero-order valence-electron chi connectivity index (χ0n) is 8.76. The molecule has 0 aliphatic rings. The van der Waals surface area contributed by atoms with Crippen molar-refractivity contribution in [2.45, 2.75) is 25.7 Å². The Labute approximate surface area is 90.9 Å². The van der Waals surface area contributed by atoms with Gasteiger partial charge in [0, 0.05) is 0 Å². The molecule has 1 unspecified atom stereocenters. The lowest BCUT2D eigenvalue weighted by Gasteiger charge is -2.13. The quantitative estimate of drug-likeness (QED) is 0.788. The molecule has 0 amide bonds. The minimum Gasteiger partial charge on any atom is -0.286 e. The van der Waals surface area contributed by atoms with E-state index in [1.807, 2.05) is 37.3 Å². The van der Waals surface area contributed by atoms with Gasteiger partial charge in [-0.2, -0.15) is 8.42 Å². The lowest BCUT2D eigenvalue weighted by Crippen LogP contribution is -2.08. The molecule has 0 spiro atoms. The summed E-state index contributed by atoms with van der Waals surface area (Å²) in [4.78, 5) is 0. The Kier molecular flexibility index (Phi) is 4.29. The van der Waals surface area contributed by atoms with Gasteiger partial charge in [0.2, 0.25) is 0 Å². The fourth-order valence-electron chi connectivity index (χ4n) is 1.62. The van der Waals surface area contributed by atoms with Gasteiger partial charge in [-0.25, -0.2) is 0 Å². The number of hydrogen-bond acceptors (Lipinski definition) is 2. The van der Waals surface area contributed by atoms with Crippen LogP contribution in [0.15, 0.2) is 30.3 Å². The second-order valence-electron chi connectivity index (χ2n) is 3.59. The monoisotopic (exact) mass is 228 g/mol. The van der Waals surface area contributed by atoms with Crippen LogP contribution in [0.3, 0.4) is 0 Å². The van der Waals surface area contributed by atoms with E-state index in [1.54, 1.807) is 0 Å². The molecule has 84 valence electrons. The second-order valence-corrected chi connectivity index (χ2v) is 5.16. The van der Waals surface area contributed by atoms with Gasteiger partial charge in [-0.3, -0.25) is 4.55 Å². The summed E-state index contributed by atoms with van der Waals surface area (Å²) in [7, 11) is -3.84. The molecule has 0 heterocycles. The Bertz CT molecular complexity index is 384. The highest BCUT2D eigenvalue weighted by Gasteiger charge is 2.13. The standard InChI is InChI=1S/C11H16O3S/c1-2-10(8-9-15(12,13)14)11-6-4-3-5-7-11/h3-7,10H,2,8-9H2,1H3,(H,12,13,14). The van der Waals surface area contributed by atoms with Crippen molar-refractivity contribution in [1.29, 1.82) is 0 Å². The van der Waals surface area contributed by atoms with Crippen molar-refractivity contribution in [2.75, 3.05) is 5.75 Å². The van der Waals surface area contributed by atoms with Crippen LogP contribution in [0.25, 0.3) is 0 Å². The maximum Gasteiger partial charge on any atom is 0.264 e. The molecule has 0 bridgehead atoms. The summed E-state index contributed by atoms with van der Waals surface area (Å²) in [5.41, 5.74) is 1.13. The molecular weight excluding hydrogens is 212 g/mol. The van der Waals surface area contributed by atoms with Crippen molar-refractivity contribution in [3.8, 4) is 0 Å². The van der Waals surface area contributed by atoms with Crippen LogP contribution in [0.1, 0.15) is 31.2 Å². The first-order chi connectivity index (χ1) is 7.03. The van der Waals surface area contributed by atoms with E-state index in [0.29, 0.717) is 6.42 Å². The summed E-state index contributed by atoms with van der Waals surface area (Å²) in [6.07, 6.45) is 1.35. The van der Waals surface area contributed by atoms with Crippen LogP contribution in [0.4, 0.5) is 0 Å². The molecule has 0 radical (unpaired) electrons. The maximum atomic E-state index is 10.6. The summed E-state index contributed by atoms with van der Waals surface area (Å²) in [6, 6.07) is 9.77. The minimum atomic E-state index is -3.84.